The second-order valence-corrected chi connectivity index (χ2v) is 7.73. The van der Waals surface area contributed by atoms with Crippen molar-refractivity contribution in [1.82, 2.24) is 5.32 Å². The largest absolute Gasteiger partial charge is 0.467 e. The van der Waals surface area contributed by atoms with Crippen molar-refractivity contribution in [1.29, 1.82) is 0 Å². The maximum atomic E-state index is 6.08. The molecule has 2 aromatic heterocycles. The van der Waals surface area contributed by atoms with Crippen molar-refractivity contribution in [2.24, 2.45) is 11.3 Å². The highest BCUT2D eigenvalue weighted by atomic mass is 35.5. The van der Waals surface area contributed by atoms with Crippen LogP contribution in [0.4, 0.5) is 0 Å². The van der Waals surface area contributed by atoms with Gasteiger partial charge in [0.1, 0.15) is 11.8 Å². The van der Waals surface area contributed by atoms with E-state index < -0.39 is 0 Å². The van der Waals surface area contributed by atoms with Crippen LogP contribution in [0.2, 0.25) is 4.34 Å². The van der Waals surface area contributed by atoms with Gasteiger partial charge in [-0.15, -0.1) is 11.3 Å². The Morgan fingerprint density at radius 3 is 2.65 bits per heavy atom. The Balaban J connectivity index is 1.77. The summed E-state index contributed by atoms with van der Waals surface area (Å²) in [5.74, 6) is 1.68. The van der Waals surface area contributed by atoms with Gasteiger partial charge in [0.05, 0.1) is 10.6 Å². The lowest BCUT2D eigenvalue weighted by atomic mass is 9.92. The Hall–Kier alpha value is -0.770. The van der Waals surface area contributed by atoms with E-state index in [2.05, 4.69) is 25.2 Å². The van der Waals surface area contributed by atoms with Gasteiger partial charge in [-0.1, -0.05) is 25.4 Å². The first-order valence-electron chi connectivity index (χ1n) is 7.13. The summed E-state index contributed by atoms with van der Waals surface area (Å²) in [5, 5.41) is 3.69. The third kappa shape index (κ3) is 2.80. The van der Waals surface area contributed by atoms with E-state index in [1.165, 1.54) is 17.7 Å². The van der Waals surface area contributed by atoms with Gasteiger partial charge < -0.3 is 9.73 Å². The Bertz CT molecular complexity index is 557. The molecule has 0 saturated heterocycles. The molecule has 2 heterocycles. The molecule has 2 nitrogen and oxygen atoms in total. The van der Waals surface area contributed by atoms with E-state index in [0.717, 1.165) is 22.6 Å². The molecule has 108 valence electrons. The standard InChI is InChI=1S/C16H20ClNOS/c1-11(2)16(7-8-16)10-18-15(12-4-3-9-19-12)13-5-6-14(17)20-13/h3-6,9,11,15,18H,7-8,10H2,1-2H3. The number of thiophene rings is 1. The number of hydrogen-bond donors (Lipinski definition) is 1. The number of rotatable bonds is 6. The van der Waals surface area contributed by atoms with Gasteiger partial charge in [-0.2, -0.15) is 0 Å². The summed E-state index contributed by atoms with van der Waals surface area (Å²) in [6.07, 6.45) is 4.38. The molecule has 1 N–H and O–H groups in total. The van der Waals surface area contributed by atoms with Crippen LogP contribution < -0.4 is 5.32 Å². The molecule has 4 heteroatoms. The zero-order valence-electron chi connectivity index (χ0n) is 11.9. The second-order valence-electron chi connectivity index (χ2n) is 5.99. The van der Waals surface area contributed by atoms with Crippen LogP contribution >= 0.6 is 22.9 Å². The number of furan rings is 1. The zero-order chi connectivity index (χ0) is 14.2. The summed E-state index contributed by atoms with van der Waals surface area (Å²) in [5.41, 5.74) is 0.478. The second kappa shape index (κ2) is 5.55. The Morgan fingerprint density at radius 1 is 1.35 bits per heavy atom. The summed E-state index contributed by atoms with van der Waals surface area (Å²) >= 11 is 7.70. The van der Waals surface area contributed by atoms with Crippen molar-refractivity contribution in [2.75, 3.05) is 6.54 Å². The van der Waals surface area contributed by atoms with Crippen molar-refractivity contribution >= 4 is 22.9 Å². The molecule has 0 radical (unpaired) electrons. The van der Waals surface area contributed by atoms with Gasteiger partial charge in [-0.25, -0.2) is 0 Å². The summed E-state index contributed by atoms with van der Waals surface area (Å²) in [7, 11) is 0. The maximum absolute atomic E-state index is 6.08. The molecule has 1 fully saturated rings. The molecule has 0 bridgehead atoms. The lowest BCUT2D eigenvalue weighted by Crippen LogP contribution is -2.31. The summed E-state index contributed by atoms with van der Waals surface area (Å²) in [6, 6.07) is 8.12. The Morgan fingerprint density at radius 2 is 2.15 bits per heavy atom. The summed E-state index contributed by atoms with van der Waals surface area (Å²) in [6.45, 7) is 5.67. The van der Waals surface area contributed by atoms with Crippen LogP contribution in [0.1, 0.15) is 43.4 Å². The van der Waals surface area contributed by atoms with E-state index in [4.69, 9.17) is 16.0 Å². The van der Waals surface area contributed by atoms with Crippen LogP contribution in [0.25, 0.3) is 0 Å². The van der Waals surface area contributed by atoms with E-state index >= 15 is 0 Å². The lowest BCUT2D eigenvalue weighted by molar-refractivity contribution is 0.319. The Labute approximate surface area is 129 Å². The smallest absolute Gasteiger partial charge is 0.126 e. The highest BCUT2D eigenvalue weighted by Crippen LogP contribution is 2.51. The van der Waals surface area contributed by atoms with E-state index in [-0.39, 0.29) is 6.04 Å². The molecule has 0 amide bonds. The highest BCUT2D eigenvalue weighted by Gasteiger charge is 2.45. The molecule has 1 aliphatic rings. The fourth-order valence-electron chi connectivity index (χ4n) is 2.70. The predicted octanol–water partition coefficient (Wildman–Crippen LogP) is 5.11. The van der Waals surface area contributed by atoms with E-state index in [0.29, 0.717) is 5.41 Å². The minimum absolute atomic E-state index is 0.110. The monoisotopic (exact) mass is 309 g/mol. The van der Waals surface area contributed by atoms with Crippen LogP contribution in [0, 0.1) is 11.3 Å². The molecule has 1 saturated carbocycles. The van der Waals surface area contributed by atoms with Crippen molar-refractivity contribution < 1.29 is 4.42 Å². The van der Waals surface area contributed by atoms with Gasteiger partial charge in [0.25, 0.3) is 0 Å². The van der Waals surface area contributed by atoms with Gasteiger partial charge in [0, 0.05) is 11.4 Å². The molecule has 0 spiro atoms. The molecule has 1 atom stereocenters. The number of halogens is 1. The number of hydrogen-bond acceptors (Lipinski definition) is 3. The first kappa shape index (κ1) is 14.2. The van der Waals surface area contributed by atoms with Crippen LogP contribution in [-0.2, 0) is 0 Å². The van der Waals surface area contributed by atoms with Gasteiger partial charge in [0.2, 0.25) is 0 Å². The molecular weight excluding hydrogens is 290 g/mol. The predicted molar refractivity (Wildman–Crippen MR) is 84.4 cm³/mol. The average Bonchev–Trinajstić information content (AvgIpc) is 2.83. The van der Waals surface area contributed by atoms with Crippen molar-refractivity contribution in [2.45, 2.75) is 32.7 Å². The fraction of sp³-hybridized carbons (Fsp3) is 0.500. The maximum Gasteiger partial charge on any atom is 0.126 e. The molecular formula is C16H20ClNOS. The van der Waals surface area contributed by atoms with Crippen LogP contribution in [-0.4, -0.2) is 6.54 Å². The average molecular weight is 310 g/mol. The number of nitrogens with one attached hydrogen (secondary N) is 1. The van der Waals surface area contributed by atoms with Crippen LogP contribution in [0.5, 0.6) is 0 Å². The molecule has 3 rings (SSSR count). The minimum atomic E-state index is 0.110. The van der Waals surface area contributed by atoms with Gasteiger partial charge >= 0.3 is 0 Å². The minimum Gasteiger partial charge on any atom is -0.467 e. The molecule has 1 unspecified atom stereocenters. The van der Waals surface area contributed by atoms with Gasteiger partial charge in [-0.05, 0) is 48.4 Å². The van der Waals surface area contributed by atoms with E-state index in [1.807, 2.05) is 18.2 Å². The first-order valence-corrected chi connectivity index (χ1v) is 8.32. The molecule has 1 aliphatic carbocycles. The fourth-order valence-corrected chi connectivity index (χ4v) is 3.85. The lowest BCUT2D eigenvalue weighted by Gasteiger charge is -2.23. The van der Waals surface area contributed by atoms with E-state index in [9.17, 15) is 0 Å². The van der Waals surface area contributed by atoms with Crippen molar-refractivity contribution in [3.05, 3.63) is 45.5 Å². The quantitative estimate of drug-likeness (QED) is 0.802. The van der Waals surface area contributed by atoms with E-state index in [1.54, 1.807) is 17.6 Å². The first-order chi connectivity index (χ1) is 9.61. The van der Waals surface area contributed by atoms with Crippen LogP contribution in [0.3, 0.4) is 0 Å². The third-order valence-corrected chi connectivity index (χ3v) is 5.78. The summed E-state index contributed by atoms with van der Waals surface area (Å²) in [4.78, 5) is 1.21. The van der Waals surface area contributed by atoms with Crippen molar-refractivity contribution in [3.8, 4) is 0 Å². The molecule has 0 aliphatic heterocycles. The van der Waals surface area contributed by atoms with Crippen molar-refractivity contribution in [3.63, 3.8) is 0 Å². The van der Waals surface area contributed by atoms with Gasteiger partial charge in [0.15, 0.2) is 0 Å². The Kier molecular flexibility index (Phi) is 3.93. The SMILES string of the molecule is CC(C)C1(CNC(c2ccco2)c2ccc(Cl)s2)CC1. The molecule has 2 aromatic rings. The van der Waals surface area contributed by atoms with Gasteiger partial charge in [-0.3, -0.25) is 0 Å². The molecule has 0 aromatic carbocycles. The normalized spacial score (nSPS) is 18.4. The molecule has 20 heavy (non-hydrogen) atoms. The van der Waals surface area contributed by atoms with Crippen LogP contribution in [0.15, 0.2) is 34.9 Å². The third-order valence-electron chi connectivity index (χ3n) is 4.48. The summed E-state index contributed by atoms with van der Waals surface area (Å²) < 4.78 is 6.43. The topological polar surface area (TPSA) is 25.2 Å². The highest BCUT2D eigenvalue weighted by molar-refractivity contribution is 7.16. The zero-order valence-corrected chi connectivity index (χ0v) is 13.4.